The third-order valence-corrected chi connectivity index (χ3v) is 5.64. The summed E-state index contributed by atoms with van der Waals surface area (Å²) in [7, 11) is -3.12. The number of rotatable bonds is 5. The number of sulfone groups is 1. The van der Waals surface area contributed by atoms with Gasteiger partial charge in [0.15, 0.2) is 15.4 Å². The molecule has 0 spiro atoms. The second-order valence-electron chi connectivity index (χ2n) is 3.86. The Bertz CT molecular complexity index is 918. The van der Waals surface area contributed by atoms with Crippen molar-refractivity contribution in [3.05, 3.63) is 22.2 Å². The predicted molar refractivity (Wildman–Crippen MR) is 70.2 cm³/mol. The summed E-state index contributed by atoms with van der Waals surface area (Å²) in [5.74, 6) is -1.60. The minimum atomic E-state index is -4.08. The minimum Gasteiger partial charge on any atom is -0.258 e. The molecule has 0 aliphatic carbocycles. The molecular formula is C8H6ClN3O7S2. The fourth-order valence-corrected chi connectivity index (χ4v) is 4.71. The smallest absolute Gasteiger partial charge is 0.258 e. The Morgan fingerprint density at radius 1 is 1.14 bits per heavy atom. The van der Waals surface area contributed by atoms with Crippen LogP contribution < -0.4 is 0 Å². The van der Waals surface area contributed by atoms with E-state index in [0.717, 1.165) is 12.1 Å². The predicted octanol–water partition coefficient (Wildman–Crippen LogP) is 0.473. The van der Waals surface area contributed by atoms with Gasteiger partial charge in [-0.05, 0) is 16.4 Å². The first-order valence-electron chi connectivity index (χ1n) is 5.16. The Morgan fingerprint density at radius 2 is 1.76 bits per heavy atom. The molecule has 0 aliphatic rings. The van der Waals surface area contributed by atoms with E-state index in [1.54, 1.807) is 0 Å². The normalized spacial score (nSPS) is 12.6. The highest BCUT2D eigenvalue weighted by Gasteiger charge is 2.27. The second-order valence-corrected chi connectivity index (χ2v) is 8.84. The van der Waals surface area contributed by atoms with E-state index in [9.17, 15) is 26.9 Å². The van der Waals surface area contributed by atoms with E-state index >= 15 is 0 Å². The molecule has 1 aromatic carbocycles. The van der Waals surface area contributed by atoms with Crippen LogP contribution in [0.3, 0.4) is 0 Å². The monoisotopic (exact) mass is 355 g/mol. The van der Waals surface area contributed by atoms with Crippen molar-refractivity contribution in [1.29, 1.82) is 0 Å². The molecule has 0 amide bonds. The SMILES string of the molecule is O=[N+]([O-])c1ccc(S(=O)(=O)CCS(=O)(=O)Cl)c2nonc12. The van der Waals surface area contributed by atoms with Gasteiger partial charge < -0.3 is 0 Å². The number of hydrogen-bond donors (Lipinski definition) is 0. The molecule has 2 aromatic rings. The summed E-state index contributed by atoms with van der Waals surface area (Å²) in [6, 6.07) is 1.87. The molecule has 0 saturated carbocycles. The minimum absolute atomic E-state index is 0.337. The molecule has 0 aliphatic heterocycles. The molecule has 13 heteroatoms. The molecule has 1 aromatic heterocycles. The van der Waals surface area contributed by atoms with Gasteiger partial charge in [0.1, 0.15) is 0 Å². The topological polar surface area (TPSA) is 150 Å². The van der Waals surface area contributed by atoms with Crippen LogP contribution in [0.1, 0.15) is 0 Å². The van der Waals surface area contributed by atoms with Gasteiger partial charge in [-0.3, -0.25) is 10.1 Å². The number of fused-ring (bicyclic) bond motifs is 1. The average molecular weight is 356 g/mol. The van der Waals surface area contributed by atoms with E-state index in [-0.39, 0.29) is 11.0 Å². The van der Waals surface area contributed by atoms with Crippen LogP contribution in [0.25, 0.3) is 11.0 Å². The van der Waals surface area contributed by atoms with Gasteiger partial charge in [0.05, 0.1) is 21.3 Å². The molecule has 0 atom stereocenters. The molecule has 0 bridgehead atoms. The first kappa shape index (κ1) is 15.6. The van der Waals surface area contributed by atoms with E-state index in [1.807, 2.05) is 0 Å². The van der Waals surface area contributed by atoms with Gasteiger partial charge in [-0.2, -0.15) is 0 Å². The summed E-state index contributed by atoms with van der Waals surface area (Å²) in [6.45, 7) is 0. The molecule has 0 radical (unpaired) electrons. The van der Waals surface area contributed by atoms with Crippen molar-refractivity contribution in [3.63, 3.8) is 0 Å². The van der Waals surface area contributed by atoms with Crippen molar-refractivity contribution >= 4 is 46.3 Å². The molecule has 0 saturated heterocycles. The summed E-state index contributed by atoms with van der Waals surface area (Å²) in [6.07, 6.45) is 0. The van der Waals surface area contributed by atoms with Gasteiger partial charge >= 0.3 is 5.69 Å². The highest BCUT2D eigenvalue weighted by atomic mass is 35.7. The fourth-order valence-electron chi connectivity index (χ4n) is 1.55. The Hall–Kier alpha value is -1.79. The average Bonchev–Trinajstić information content (AvgIpc) is 2.83. The Labute approximate surface area is 122 Å². The van der Waals surface area contributed by atoms with Crippen LogP contribution in [0.5, 0.6) is 0 Å². The number of halogens is 1. The van der Waals surface area contributed by atoms with Gasteiger partial charge in [0.2, 0.25) is 14.6 Å². The summed E-state index contributed by atoms with van der Waals surface area (Å²) in [5, 5.41) is 17.4. The van der Waals surface area contributed by atoms with Crippen LogP contribution in [0.15, 0.2) is 21.7 Å². The van der Waals surface area contributed by atoms with Crippen LogP contribution in [0.4, 0.5) is 5.69 Å². The summed E-state index contributed by atoms with van der Waals surface area (Å²) in [4.78, 5) is 9.60. The van der Waals surface area contributed by atoms with Gasteiger partial charge in [-0.15, -0.1) is 0 Å². The lowest BCUT2D eigenvalue weighted by atomic mass is 10.3. The van der Waals surface area contributed by atoms with Crippen molar-refractivity contribution in [3.8, 4) is 0 Å². The molecular weight excluding hydrogens is 350 g/mol. The zero-order chi connectivity index (χ0) is 15.8. The number of nitro groups is 1. The fraction of sp³-hybridized carbons (Fsp3) is 0.250. The Kier molecular flexibility index (Phi) is 3.86. The maximum Gasteiger partial charge on any atom is 0.300 e. The highest BCUT2D eigenvalue weighted by molar-refractivity contribution is 8.14. The van der Waals surface area contributed by atoms with Gasteiger partial charge in [-0.25, -0.2) is 21.5 Å². The van der Waals surface area contributed by atoms with Crippen LogP contribution in [0, 0.1) is 10.1 Å². The largest absolute Gasteiger partial charge is 0.300 e. The van der Waals surface area contributed by atoms with Crippen molar-refractivity contribution in [1.82, 2.24) is 10.3 Å². The van der Waals surface area contributed by atoms with E-state index in [2.05, 4.69) is 14.9 Å². The highest BCUT2D eigenvalue weighted by Crippen LogP contribution is 2.28. The maximum atomic E-state index is 12.1. The van der Waals surface area contributed by atoms with Crippen molar-refractivity contribution < 1.29 is 26.4 Å². The van der Waals surface area contributed by atoms with E-state index in [1.165, 1.54) is 0 Å². The summed E-state index contributed by atoms with van der Waals surface area (Å²) in [5.41, 5.74) is -1.15. The zero-order valence-corrected chi connectivity index (χ0v) is 12.4. The number of nitrogens with zero attached hydrogens (tertiary/aromatic N) is 3. The number of benzene rings is 1. The summed E-state index contributed by atoms with van der Waals surface area (Å²) < 4.78 is 50.1. The number of aromatic nitrogens is 2. The van der Waals surface area contributed by atoms with E-state index in [4.69, 9.17) is 10.7 Å². The molecule has 2 rings (SSSR count). The number of nitro benzene ring substituents is 1. The first-order chi connectivity index (χ1) is 9.62. The first-order valence-corrected chi connectivity index (χ1v) is 9.29. The lowest BCUT2D eigenvalue weighted by Gasteiger charge is -2.03. The number of hydrogen-bond acceptors (Lipinski definition) is 9. The van der Waals surface area contributed by atoms with Gasteiger partial charge in [0.25, 0.3) is 0 Å². The Balaban J connectivity index is 2.55. The molecule has 114 valence electrons. The summed E-state index contributed by atoms with van der Waals surface area (Å²) >= 11 is 0. The van der Waals surface area contributed by atoms with Crippen LogP contribution in [0.2, 0.25) is 0 Å². The molecule has 0 unspecified atom stereocenters. The lowest BCUT2D eigenvalue weighted by Crippen LogP contribution is -2.14. The zero-order valence-electron chi connectivity index (χ0n) is 9.96. The molecule has 0 N–H and O–H groups in total. The standard InChI is InChI=1S/C8H6ClN3O7S2/c9-21(17,18)4-3-20(15,16)6-2-1-5(12(13)14)7-8(6)11-19-10-7/h1-2H,3-4H2. The quantitative estimate of drug-likeness (QED) is 0.423. The van der Waals surface area contributed by atoms with Gasteiger partial charge in [-0.1, -0.05) is 0 Å². The number of non-ortho nitro benzene ring substituents is 1. The van der Waals surface area contributed by atoms with Gasteiger partial charge in [0, 0.05) is 16.7 Å². The van der Waals surface area contributed by atoms with E-state index < -0.39 is 45.9 Å². The van der Waals surface area contributed by atoms with Crippen molar-refractivity contribution in [2.75, 3.05) is 11.5 Å². The van der Waals surface area contributed by atoms with Crippen molar-refractivity contribution in [2.45, 2.75) is 4.90 Å². The Morgan fingerprint density at radius 3 is 2.33 bits per heavy atom. The third-order valence-electron chi connectivity index (χ3n) is 2.48. The van der Waals surface area contributed by atoms with E-state index in [0.29, 0.717) is 0 Å². The second kappa shape index (κ2) is 5.20. The lowest BCUT2D eigenvalue weighted by molar-refractivity contribution is -0.383. The van der Waals surface area contributed by atoms with Crippen molar-refractivity contribution in [2.24, 2.45) is 0 Å². The molecule has 1 heterocycles. The van der Waals surface area contributed by atoms with Crippen LogP contribution >= 0.6 is 10.7 Å². The van der Waals surface area contributed by atoms with Crippen LogP contribution in [-0.2, 0) is 18.9 Å². The molecule has 0 fully saturated rings. The molecule has 21 heavy (non-hydrogen) atoms. The maximum absolute atomic E-state index is 12.1. The molecule has 10 nitrogen and oxygen atoms in total. The van der Waals surface area contributed by atoms with Crippen LogP contribution in [-0.4, -0.2) is 43.6 Å². The third kappa shape index (κ3) is 3.28.